The van der Waals surface area contributed by atoms with E-state index in [2.05, 4.69) is 0 Å². The molecule has 1 rings (SSSR count). The fourth-order valence-corrected chi connectivity index (χ4v) is 0.991. The van der Waals surface area contributed by atoms with E-state index in [1.54, 1.807) is 0 Å². The Labute approximate surface area is 88.4 Å². The van der Waals surface area contributed by atoms with E-state index in [9.17, 15) is 18.4 Å². The van der Waals surface area contributed by atoms with Crippen LogP contribution in [-0.2, 0) is 4.79 Å². The fourth-order valence-electron chi connectivity index (χ4n) is 0.991. The molecular weight excluding hydrogens is 222 g/mol. The standard InChI is InChI=1S/C10H6F2O4/c11-5-2-1-3-6(12)9(5)7(13)4-8(14)10(15)16/h1-4,14H,(H,15,16)/b8-4+. The fraction of sp³-hybridized carbons (Fsp3) is 0. The summed E-state index contributed by atoms with van der Waals surface area (Å²) in [6.45, 7) is 0. The van der Waals surface area contributed by atoms with Gasteiger partial charge in [-0.1, -0.05) is 6.07 Å². The average molecular weight is 228 g/mol. The molecule has 0 unspecified atom stereocenters. The van der Waals surface area contributed by atoms with Crippen LogP contribution in [-0.4, -0.2) is 22.0 Å². The van der Waals surface area contributed by atoms with E-state index in [1.807, 2.05) is 0 Å². The quantitative estimate of drug-likeness (QED) is 0.468. The molecule has 2 N–H and O–H groups in total. The van der Waals surface area contributed by atoms with Gasteiger partial charge in [0, 0.05) is 6.08 Å². The highest BCUT2D eigenvalue weighted by Gasteiger charge is 2.17. The van der Waals surface area contributed by atoms with Crippen molar-refractivity contribution in [2.45, 2.75) is 0 Å². The lowest BCUT2D eigenvalue weighted by atomic mass is 10.1. The summed E-state index contributed by atoms with van der Waals surface area (Å²) in [5.41, 5.74) is -0.907. The minimum Gasteiger partial charge on any atom is -0.502 e. The molecule has 0 saturated carbocycles. The minimum absolute atomic E-state index is 0.240. The lowest BCUT2D eigenvalue weighted by molar-refractivity contribution is -0.135. The summed E-state index contributed by atoms with van der Waals surface area (Å²) in [7, 11) is 0. The van der Waals surface area contributed by atoms with Gasteiger partial charge in [0.05, 0.1) is 5.56 Å². The molecule has 0 spiro atoms. The summed E-state index contributed by atoms with van der Waals surface area (Å²) >= 11 is 0. The SMILES string of the molecule is O=C(O)/C(O)=C\C(=O)c1c(F)cccc1F. The molecule has 4 nitrogen and oxygen atoms in total. The topological polar surface area (TPSA) is 74.6 Å². The molecular formula is C10H6F2O4. The number of halogens is 2. The maximum Gasteiger partial charge on any atom is 0.371 e. The summed E-state index contributed by atoms with van der Waals surface area (Å²) in [4.78, 5) is 21.4. The molecule has 0 fully saturated rings. The zero-order valence-electron chi connectivity index (χ0n) is 7.78. The molecule has 0 bridgehead atoms. The Morgan fingerprint density at radius 2 is 1.62 bits per heavy atom. The zero-order valence-corrected chi connectivity index (χ0v) is 7.78. The van der Waals surface area contributed by atoms with Crippen LogP contribution in [0.4, 0.5) is 8.78 Å². The number of carboxylic acid groups (broad SMARTS) is 1. The summed E-state index contributed by atoms with van der Waals surface area (Å²) < 4.78 is 26.1. The van der Waals surface area contributed by atoms with Crippen LogP contribution in [0, 0.1) is 11.6 Å². The van der Waals surface area contributed by atoms with Crippen molar-refractivity contribution in [2.75, 3.05) is 0 Å². The number of hydrogen-bond acceptors (Lipinski definition) is 3. The van der Waals surface area contributed by atoms with Crippen molar-refractivity contribution in [1.29, 1.82) is 0 Å². The second-order valence-electron chi connectivity index (χ2n) is 2.80. The predicted molar refractivity (Wildman–Crippen MR) is 49.0 cm³/mol. The normalized spacial score (nSPS) is 11.2. The van der Waals surface area contributed by atoms with E-state index >= 15 is 0 Å². The maximum atomic E-state index is 13.0. The Hall–Kier alpha value is -2.24. The van der Waals surface area contributed by atoms with Crippen molar-refractivity contribution in [2.24, 2.45) is 0 Å². The van der Waals surface area contributed by atoms with Crippen molar-refractivity contribution in [1.82, 2.24) is 0 Å². The molecule has 0 radical (unpaired) electrons. The lowest BCUT2D eigenvalue weighted by Gasteiger charge is -2.00. The highest BCUT2D eigenvalue weighted by atomic mass is 19.1. The molecule has 6 heteroatoms. The van der Waals surface area contributed by atoms with Gasteiger partial charge in [-0.05, 0) is 12.1 Å². The third kappa shape index (κ3) is 2.41. The molecule has 0 aromatic heterocycles. The summed E-state index contributed by atoms with van der Waals surface area (Å²) in [5.74, 6) is -6.55. The predicted octanol–water partition coefficient (Wildman–Crippen LogP) is 1.67. The summed E-state index contributed by atoms with van der Waals surface area (Å²) in [5, 5.41) is 17.0. The molecule has 84 valence electrons. The molecule has 0 aliphatic rings. The number of aliphatic carboxylic acids is 1. The number of carbonyl (C=O) groups is 2. The van der Waals surface area contributed by atoms with E-state index in [0.29, 0.717) is 0 Å². The van der Waals surface area contributed by atoms with Gasteiger partial charge in [0.15, 0.2) is 5.78 Å². The van der Waals surface area contributed by atoms with E-state index in [0.717, 1.165) is 18.2 Å². The van der Waals surface area contributed by atoms with E-state index in [-0.39, 0.29) is 6.08 Å². The van der Waals surface area contributed by atoms with Gasteiger partial charge in [0.1, 0.15) is 11.6 Å². The Bertz CT molecular complexity index is 459. The molecule has 0 amide bonds. The highest BCUT2D eigenvalue weighted by Crippen LogP contribution is 2.13. The first-order valence-corrected chi connectivity index (χ1v) is 4.05. The molecule has 1 aromatic carbocycles. The van der Waals surface area contributed by atoms with Crippen molar-refractivity contribution < 1.29 is 28.6 Å². The van der Waals surface area contributed by atoms with Gasteiger partial charge >= 0.3 is 5.97 Å². The third-order valence-corrected chi connectivity index (χ3v) is 1.70. The largest absolute Gasteiger partial charge is 0.502 e. The highest BCUT2D eigenvalue weighted by molar-refractivity contribution is 6.08. The molecule has 0 aliphatic heterocycles. The number of ketones is 1. The van der Waals surface area contributed by atoms with Gasteiger partial charge < -0.3 is 10.2 Å². The first-order chi connectivity index (χ1) is 7.43. The molecule has 0 saturated heterocycles. The first-order valence-electron chi connectivity index (χ1n) is 4.05. The number of benzene rings is 1. The molecule has 0 heterocycles. The third-order valence-electron chi connectivity index (χ3n) is 1.70. The van der Waals surface area contributed by atoms with Crippen LogP contribution in [0.3, 0.4) is 0 Å². The van der Waals surface area contributed by atoms with Crippen LogP contribution in [0.25, 0.3) is 0 Å². The van der Waals surface area contributed by atoms with Gasteiger partial charge in [0.2, 0.25) is 5.76 Å². The van der Waals surface area contributed by atoms with E-state index in [4.69, 9.17) is 10.2 Å². The monoisotopic (exact) mass is 228 g/mol. The second kappa shape index (κ2) is 4.52. The van der Waals surface area contributed by atoms with Gasteiger partial charge in [-0.15, -0.1) is 0 Å². The van der Waals surface area contributed by atoms with Crippen LogP contribution in [0.5, 0.6) is 0 Å². The molecule has 16 heavy (non-hydrogen) atoms. The van der Waals surface area contributed by atoms with Gasteiger partial charge in [-0.2, -0.15) is 0 Å². The van der Waals surface area contributed by atoms with Gasteiger partial charge in [-0.3, -0.25) is 4.79 Å². The number of rotatable bonds is 3. The summed E-state index contributed by atoms with van der Waals surface area (Å²) in [6.07, 6.45) is 0.240. The number of carboxylic acids is 1. The Morgan fingerprint density at radius 1 is 1.12 bits per heavy atom. The number of aliphatic hydroxyl groups excluding tert-OH is 1. The second-order valence-corrected chi connectivity index (χ2v) is 2.80. The number of aliphatic hydroxyl groups is 1. The van der Waals surface area contributed by atoms with E-state index in [1.165, 1.54) is 0 Å². The Balaban J connectivity index is 3.16. The van der Waals surface area contributed by atoms with Crippen LogP contribution in [0.15, 0.2) is 30.0 Å². The summed E-state index contributed by atoms with van der Waals surface area (Å²) in [6, 6.07) is 2.76. The smallest absolute Gasteiger partial charge is 0.371 e. The van der Waals surface area contributed by atoms with E-state index < -0.39 is 34.7 Å². The van der Waals surface area contributed by atoms with Crippen molar-refractivity contribution in [3.05, 3.63) is 47.2 Å². The van der Waals surface area contributed by atoms with Crippen LogP contribution < -0.4 is 0 Å². The minimum atomic E-state index is -1.76. The Kier molecular flexibility index (Phi) is 3.34. The average Bonchev–Trinajstić information content (AvgIpc) is 2.16. The van der Waals surface area contributed by atoms with Crippen molar-refractivity contribution in [3.8, 4) is 0 Å². The van der Waals surface area contributed by atoms with Crippen LogP contribution in [0.2, 0.25) is 0 Å². The number of hydrogen-bond donors (Lipinski definition) is 2. The molecule has 1 aromatic rings. The Morgan fingerprint density at radius 3 is 2.06 bits per heavy atom. The maximum absolute atomic E-state index is 13.0. The van der Waals surface area contributed by atoms with Gasteiger partial charge in [0.25, 0.3) is 0 Å². The molecule has 0 atom stereocenters. The molecule has 0 aliphatic carbocycles. The number of carbonyl (C=O) groups excluding carboxylic acids is 1. The van der Waals surface area contributed by atoms with Crippen LogP contribution >= 0.6 is 0 Å². The van der Waals surface area contributed by atoms with Crippen LogP contribution in [0.1, 0.15) is 10.4 Å². The lowest BCUT2D eigenvalue weighted by Crippen LogP contribution is -2.07. The first kappa shape index (κ1) is 11.8. The van der Waals surface area contributed by atoms with Crippen molar-refractivity contribution in [3.63, 3.8) is 0 Å². The zero-order chi connectivity index (χ0) is 12.3. The van der Waals surface area contributed by atoms with Crippen molar-refractivity contribution >= 4 is 11.8 Å². The van der Waals surface area contributed by atoms with Gasteiger partial charge in [-0.25, -0.2) is 13.6 Å². The number of allylic oxidation sites excluding steroid dienone is 1.